The Morgan fingerprint density at radius 2 is 2.06 bits per heavy atom. The number of amides is 2. The maximum atomic E-state index is 12.0. The summed E-state index contributed by atoms with van der Waals surface area (Å²) in [6.07, 6.45) is -0.259. The minimum Gasteiger partial charge on any atom is -0.448 e. The van der Waals surface area contributed by atoms with Gasteiger partial charge in [0.2, 0.25) is 0 Å². The molecule has 2 amide bonds. The van der Waals surface area contributed by atoms with Gasteiger partial charge in [-0.2, -0.15) is 0 Å². The van der Waals surface area contributed by atoms with Gasteiger partial charge in [-0.1, -0.05) is 18.2 Å². The van der Waals surface area contributed by atoms with Crippen LogP contribution in [-0.2, 0) is 4.74 Å². The largest absolute Gasteiger partial charge is 0.448 e. The van der Waals surface area contributed by atoms with Crippen molar-refractivity contribution in [2.45, 2.75) is 0 Å². The molecule has 0 spiro atoms. The summed E-state index contributed by atoms with van der Waals surface area (Å²) in [4.78, 5) is 34.5. The van der Waals surface area contributed by atoms with Crippen LogP contribution in [0.25, 0.3) is 0 Å². The van der Waals surface area contributed by atoms with Crippen LogP contribution >= 0.6 is 0 Å². The van der Waals surface area contributed by atoms with Gasteiger partial charge in [-0.15, -0.1) is 0 Å². The average molecular weight is 250 g/mol. The average Bonchev–Trinajstić information content (AvgIpc) is 2.37. The summed E-state index contributed by atoms with van der Waals surface area (Å²) in [5, 5.41) is 0. The second-order valence-corrected chi connectivity index (χ2v) is 3.60. The van der Waals surface area contributed by atoms with Gasteiger partial charge in [0.1, 0.15) is 6.61 Å². The SMILES string of the molecule is CN(CCOC(N)=O)C(=O)c1ccccc1C=O. The van der Waals surface area contributed by atoms with Crippen LogP contribution in [0.15, 0.2) is 24.3 Å². The first kappa shape index (κ1) is 13.7. The molecule has 0 fully saturated rings. The van der Waals surface area contributed by atoms with Crippen LogP contribution in [0.4, 0.5) is 4.79 Å². The first-order chi connectivity index (χ1) is 8.56. The number of nitrogens with two attached hydrogens (primary N) is 1. The van der Waals surface area contributed by atoms with Crippen molar-refractivity contribution in [2.75, 3.05) is 20.2 Å². The van der Waals surface area contributed by atoms with Gasteiger partial charge in [0.15, 0.2) is 6.29 Å². The Labute approximate surface area is 104 Å². The molecule has 0 saturated heterocycles. The molecule has 0 aromatic heterocycles. The molecule has 0 atom stereocenters. The van der Waals surface area contributed by atoms with Crippen LogP contribution in [0.2, 0.25) is 0 Å². The molecule has 2 N–H and O–H groups in total. The Balaban J connectivity index is 2.68. The number of carbonyl (C=O) groups is 3. The zero-order valence-corrected chi connectivity index (χ0v) is 9.96. The standard InChI is InChI=1S/C12H14N2O4/c1-14(6-7-18-12(13)17)11(16)10-5-3-2-4-9(10)8-15/h2-5,8H,6-7H2,1H3,(H2,13,17). The van der Waals surface area contributed by atoms with E-state index in [4.69, 9.17) is 5.73 Å². The first-order valence-electron chi connectivity index (χ1n) is 5.28. The van der Waals surface area contributed by atoms with Crippen molar-refractivity contribution in [1.82, 2.24) is 4.90 Å². The lowest BCUT2D eigenvalue weighted by atomic mass is 10.1. The fraction of sp³-hybridized carbons (Fsp3) is 0.250. The summed E-state index contributed by atoms with van der Waals surface area (Å²) >= 11 is 0. The monoisotopic (exact) mass is 250 g/mol. The third kappa shape index (κ3) is 3.58. The number of ether oxygens (including phenoxy) is 1. The lowest BCUT2D eigenvalue weighted by Crippen LogP contribution is -2.32. The van der Waals surface area contributed by atoms with Crippen molar-refractivity contribution in [3.8, 4) is 0 Å². The number of nitrogens with zero attached hydrogens (tertiary/aromatic N) is 1. The van der Waals surface area contributed by atoms with Gasteiger partial charge in [-0.3, -0.25) is 9.59 Å². The summed E-state index contributed by atoms with van der Waals surface area (Å²) in [6, 6.07) is 6.48. The van der Waals surface area contributed by atoms with Crippen molar-refractivity contribution < 1.29 is 19.1 Å². The molecule has 0 aliphatic carbocycles. The van der Waals surface area contributed by atoms with Gasteiger partial charge in [0.25, 0.3) is 5.91 Å². The number of hydrogen-bond acceptors (Lipinski definition) is 4. The normalized spacial score (nSPS) is 9.61. The fourth-order valence-corrected chi connectivity index (χ4v) is 1.38. The lowest BCUT2D eigenvalue weighted by Gasteiger charge is -2.17. The maximum absolute atomic E-state index is 12.0. The van der Waals surface area contributed by atoms with E-state index in [1.165, 1.54) is 4.90 Å². The summed E-state index contributed by atoms with van der Waals surface area (Å²) in [5.41, 5.74) is 5.44. The molecule has 0 aliphatic rings. The van der Waals surface area contributed by atoms with E-state index in [2.05, 4.69) is 4.74 Å². The van der Waals surface area contributed by atoms with Gasteiger partial charge >= 0.3 is 6.09 Å². The van der Waals surface area contributed by atoms with Crippen molar-refractivity contribution >= 4 is 18.3 Å². The number of aldehydes is 1. The van der Waals surface area contributed by atoms with E-state index in [0.717, 1.165) is 0 Å². The van der Waals surface area contributed by atoms with E-state index < -0.39 is 6.09 Å². The van der Waals surface area contributed by atoms with Crippen LogP contribution < -0.4 is 5.73 Å². The maximum Gasteiger partial charge on any atom is 0.404 e. The van der Waals surface area contributed by atoms with Crippen LogP contribution in [0.3, 0.4) is 0 Å². The van der Waals surface area contributed by atoms with Gasteiger partial charge < -0.3 is 15.4 Å². The molecule has 0 heterocycles. The molecule has 0 bridgehead atoms. The Morgan fingerprint density at radius 1 is 1.39 bits per heavy atom. The van der Waals surface area contributed by atoms with Crippen molar-refractivity contribution in [1.29, 1.82) is 0 Å². The minimum absolute atomic E-state index is 0.0147. The molecule has 0 aliphatic heterocycles. The first-order valence-corrected chi connectivity index (χ1v) is 5.28. The number of likely N-dealkylation sites (N-methyl/N-ethyl adjacent to an activating group) is 1. The predicted octanol–water partition coefficient (Wildman–Crippen LogP) is 0.666. The minimum atomic E-state index is -0.885. The zero-order valence-electron chi connectivity index (χ0n) is 9.96. The van der Waals surface area contributed by atoms with E-state index in [1.54, 1.807) is 31.3 Å². The molecular weight excluding hydrogens is 236 g/mol. The van der Waals surface area contributed by atoms with Crippen LogP contribution in [-0.4, -0.2) is 43.4 Å². The molecule has 0 radical (unpaired) electrons. The third-order valence-electron chi connectivity index (χ3n) is 2.34. The van der Waals surface area contributed by atoms with Crippen LogP contribution in [0, 0.1) is 0 Å². The number of benzene rings is 1. The van der Waals surface area contributed by atoms with Crippen LogP contribution in [0.5, 0.6) is 0 Å². The van der Waals surface area contributed by atoms with Gasteiger partial charge in [-0.25, -0.2) is 4.79 Å². The van der Waals surface area contributed by atoms with E-state index in [0.29, 0.717) is 17.4 Å². The molecular formula is C12H14N2O4. The molecule has 1 aromatic rings. The Kier molecular flexibility index (Phi) is 4.86. The summed E-state index contributed by atoms with van der Waals surface area (Å²) < 4.78 is 4.53. The Morgan fingerprint density at radius 3 is 2.67 bits per heavy atom. The Hall–Kier alpha value is -2.37. The van der Waals surface area contributed by atoms with Crippen molar-refractivity contribution in [3.63, 3.8) is 0 Å². The van der Waals surface area contributed by atoms with E-state index >= 15 is 0 Å². The number of primary amides is 1. The molecule has 0 saturated carbocycles. The number of hydrogen-bond donors (Lipinski definition) is 1. The van der Waals surface area contributed by atoms with E-state index in [-0.39, 0.29) is 19.1 Å². The summed E-state index contributed by atoms with van der Waals surface area (Å²) in [7, 11) is 1.55. The number of carbonyl (C=O) groups excluding carboxylic acids is 3. The molecule has 6 nitrogen and oxygen atoms in total. The molecule has 6 heteroatoms. The quantitative estimate of drug-likeness (QED) is 0.777. The van der Waals surface area contributed by atoms with E-state index in [1.807, 2.05) is 0 Å². The van der Waals surface area contributed by atoms with Gasteiger partial charge in [-0.05, 0) is 6.07 Å². The van der Waals surface area contributed by atoms with E-state index in [9.17, 15) is 14.4 Å². The lowest BCUT2D eigenvalue weighted by molar-refractivity contribution is 0.0747. The highest BCUT2D eigenvalue weighted by molar-refractivity contribution is 6.01. The van der Waals surface area contributed by atoms with Crippen molar-refractivity contribution in [3.05, 3.63) is 35.4 Å². The smallest absolute Gasteiger partial charge is 0.404 e. The summed E-state index contributed by atoms with van der Waals surface area (Å²) in [5.74, 6) is -0.314. The van der Waals surface area contributed by atoms with Gasteiger partial charge in [0, 0.05) is 12.6 Å². The van der Waals surface area contributed by atoms with Crippen molar-refractivity contribution in [2.24, 2.45) is 5.73 Å². The fourth-order valence-electron chi connectivity index (χ4n) is 1.38. The molecule has 1 rings (SSSR count). The second-order valence-electron chi connectivity index (χ2n) is 3.60. The highest BCUT2D eigenvalue weighted by Crippen LogP contribution is 2.08. The Bertz CT molecular complexity index is 459. The third-order valence-corrected chi connectivity index (χ3v) is 2.34. The summed E-state index contributed by atoms with van der Waals surface area (Å²) in [6.45, 7) is 0.218. The topological polar surface area (TPSA) is 89.7 Å². The molecule has 18 heavy (non-hydrogen) atoms. The number of rotatable bonds is 5. The van der Waals surface area contributed by atoms with Gasteiger partial charge in [0.05, 0.1) is 12.1 Å². The molecule has 1 aromatic carbocycles. The molecule has 0 unspecified atom stereocenters. The highest BCUT2D eigenvalue weighted by Gasteiger charge is 2.15. The zero-order chi connectivity index (χ0) is 13.5. The molecule has 96 valence electrons. The van der Waals surface area contributed by atoms with Crippen LogP contribution in [0.1, 0.15) is 20.7 Å². The highest BCUT2D eigenvalue weighted by atomic mass is 16.5. The second kappa shape index (κ2) is 6.39. The predicted molar refractivity (Wildman–Crippen MR) is 64.3 cm³/mol.